The fraction of sp³-hybridized carbons (Fsp3) is 0.600. The van der Waals surface area contributed by atoms with Crippen LogP contribution in [0.2, 0.25) is 0 Å². The molecule has 3 aromatic carbocycles. The summed E-state index contributed by atoms with van der Waals surface area (Å²) in [6, 6.07) is 12.4. The minimum absolute atomic E-state index is 0.575. The summed E-state index contributed by atoms with van der Waals surface area (Å²) in [6.45, 7) is 19.7. The van der Waals surface area contributed by atoms with Crippen LogP contribution < -0.4 is 13.6 Å². The van der Waals surface area contributed by atoms with Crippen LogP contribution >= 0.6 is 7.82 Å². The van der Waals surface area contributed by atoms with Gasteiger partial charge in [0.15, 0.2) is 0 Å². The zero-order chi connectivity index (χ0) is 36.5. The van der Waals surface area contributed by atoms with Crippen LogP contribution in [0.4, 0.5) is 0 Å². The van der Waals surface area contributed by atoms with Gasteiger partial charge in [-0.05, 0) is 166 Å². The maximum absolute atomic E-state index is 15.3. The summed E-state index contributed by atoms with van der Waals surface area (Å²) < 4.78 is 35.0. The SMILES string of the molecule is CCCCc1ccc(OP(=O)(Oc2ccc(CCCC)c(CCCC)c2C)Oc2ccc(CCCC)c(CCCC)c2C)c(C)c1CCCC. The molecule has 0 radical (unpaired) electrons. The lowest BCUT2D eigenvalue weighted by Gasteiger charge is -2.25. The summed E-state index contributed by atoms with van der Waals surface area (Å²) in [4.78, 5) is 0. The number of unbranched alkanes of at least 4 members (excludes halogenated alkanes) is 6. The Balaban J connectivity index is 2.16. The molecule has 0 saturated carbocycles. The molecule has 3 rings (SSSR count). The summed E-state index contributed by atoms with van der Waals surface area (Å²) in [7, 11) is -4.21. The van der Waals surface area contributed by atoms with E-state index in [9.17, 15) is 0 Å². The molecule has 0 N–H and O–H groups in total. The van der Waals surface area contributed by atoms with Gasteiger partial charge >= 0.3 is 7.82 Å². The van der Waals surface area contributed by atoms with Crippen LogP contribution in [0.3, 0.4) is 0 Å². The molecule has 0 spiro atoms. The number of hydrogen-bond donors (Lipinski definition) is 0. The molecule has 0 bridgehead atoms. The van der Waals surface area contributed by atoms with Crippen LogP contribution in [0.25, 0.3) is 0 Å². The fourth-order valence-corrected chi connectivity index (χ4v) is 8.43. The normalized spacial score (nSPS) is 11.6. The van der Waals surface area contributed by atoms with Crippen LogP contribution in [0, 0.1) is 20.8 Å². The van der Waals surface area contributed by atoms with Crippen LogP contribution in [-0.2, 0) is 43.1 Å². The molecule has 0 unspecified atom stereocenters. The van der Waals surface area contributed by atoms with E-state index in [1.807, 2.05) is 18.2 Å². The number of benzene rings is 3. The Morgan fingerprint density at radius 3 is 0.880 bits per heavy atom. The second-order valence-corrected chi connectivity index (χ2v) is 15.8. The number of phosphoric ester groups is 1. The van der Waals surface area contributed by atoms with E-state index in [0.29, 0.717) is 17.2 Å². The molecule has 3 aromatic rings. The van der Waals surface area contributed by atoms with Crippen LogP contribution in [0.15, 0.2) is 36.4 Å². The smallest absolute Gasteiger partial charge is 0.386 e. The van der Waals surface area contributed by atoms with Gasteiger partial charge in [-0.2, -0.15) is 4.57 Å². The molecule has 0 aliphatic rings. The van der Waals surface area contributed by atoms with Gasteiger partial charge in [-0.1, -0.05) is 98.3 Å². The van der Waals surface area contributed by atoms with E-state index in [1.54, 1.807) is 0 Å². The van der Waals surface area contributed by atoms with Gasteiger partial charge in [-0.15, -0.1) is 0 Å². The summed E-state index contributed by atoms with van der Waals surface area (Å²) in [5, 5.41) is 0. The summed E-state index contributed by atoms with van der Waals surface area (Å²) in [5.74, 6) is 1.73. The van der Waals surface area contributed by atoms with Gasteiger partial charge in [0.1, 0.15) is 17.2 Å². The second kappa shape index (κ2) is 21.6. The molecule has 0 aliphatic carbocycles. The molecule has 0 saturated heterocycles. The highest BCUT2D eigenvalue weighted by molar-refractivity contribution is 7.49. The van der Waals surface area contributed by atoms with Gasteiger partial charge in [0.25, 0.3) is 0 Å². The van der Waals surface area contributed by atoms with Gasteiger partial charge in [0, 0.05) is 0 Å². The Morgan fingerprint density at radius 1 is 0.400 bits per heavy atom. The number of rotatable bonds is 24. The highest BCUT2D eigenvalue weighted by Crippen LogP contribution is 2.53. The van der Waals surface area contributed by atoms with E-state index in [0.717, 1.165) is 132 Å². The van der Waals surface area contributed by atoms with E-state index < -0.39 is 7.82 Å². The quantitative estimate of drug-likeness (QED) is 0.0871. The van der Waals surface area contributed by atoms with E-state index in [2.05, 4.69) is 80.5 Å². The average molecular weight is 705 g/mol. The maximum atomic E-state index is 15.3. The van der Waals surface area contributed by atoms with Crippen molar-refractivity contribution in [2.24, 2.45) is 0 Å². The summed E-state index contributed by atoms with van der Waals surface area (Å²) >= 11 is 0. The highest BCUT2D eigenvalue weighted by atomic mass is 31.2. The van der Waals surface area contributed by atoms with Gasteiger partial charge in [-0.3, -0.25) is 0 Å². The zero-order valence-electron chi connectivity index (χ0n) is 33.3. The molecule has 50 heavy (non-hydrogen) atoms. The molecule has 0 heterocycles. The van der Waals surface area contributed by atoms with Gasteiger partial charge in [-0.25, -0.2) is 0 Å². The second-order valence-electron chi connectivity index (χ2n) is 14.3. The number of hydrogen-bond acceptors (Lipinski definition) is 4. The first-order valence-electron chi connectivity index (χ1n) is 20.2. The maximum Gasteiger partial charge on any atom is 0.647 e. The van der Waals surface area contributed by atoms with Gasteiger partial charge < -0.3 is 13.6 Å². The Labute approximate surface area is 306 Å². The molecular formula is C45H69O4P. The van der Waals surface area contributed by atoms with Crippen molar-refractivity contribution in [1.29, 1.82) is 0 Å². The molecule has 278 valence electrons. The third-order valence-electron chi connectivity index (χ3n) is 10.3. The van der Waals surface area contributed by atoms with Crippen molar-refractivity contribution in [2.45, 2.75) is 178 Å². The predicted molar refractivity (Wildman–Crippen MR) is 215 cm³/mol. The number of aryl methyl sites for hydroxylation is 3. The molecule has 4 nitrogen and oxygen atoms in total. The van der Waals surface area contributed by atoms with Crippen molar-refractivity contribution < 1.29 is 18.1 Å². The standard InChI is InChI=1S/C45H69O4P/c1-10-16-22-37-28-31-43(34(7)40(37)25-19-13-4)47-50(46,48-44-32-29-38(23-17-11-2)41(35(44)8)26-20-14-5)49-45-33-30-39(24-18-12-3)42(36(45)9)27-21-15-6/h28-33H,10-27H2,1-9H3. The topological polar surface area (TPSA) is 44.8 Å². The minimum Gasteiger partial charge on any atom is -0.386 e. The summed E-state index contributed by atoms with van der Waals surface area (Å²) in [6.07, 6.45) is 19.6. The molecule has 5 heteroatoms. The zero-order valence-corrected chi connectivity index (χ0v) is 34.2. The Kier molecular flexibility index (Phi) is 18.0. The van der Waals surface area contributed by atoms with E-state index in [1.165, 1.54) is 33.4 Å². The Hall–Kier alpha value is -2.71. The van der Waals surface area contributed by atoms with E-state index in [-0.39, 0.29) is 0 Å². The Bertz CT molecular complexity index is 1340. The molecule has 0 aliphatic heterocycles. The molecular weight excluding hydrogens is 635 g/mol. The first-order valence-corrected chi connectivity index (χ1v) is 21.6. The largest absolute Gasteiger partial charge is 0.647 e. The molecule has 0 fully saturated rings. The lowest BCUT2D eigenvalue weighted by atomic mass is 9.93. The Morgan fingerprint density at radius 2 is 0.640 bits per heavy atom. The van der Waals surface area contributed by atoms with E-state index >= 15 is 4.57 Å². The number of phosphoric acid groups is 1. The average Bonchev–Trinajstić information content (AvgIpc) is 3.10. The lowest BCUT2D eigenvalue weighted by molar-refractivity contribution is 0.296. The first kappa shape index (κ1) is 41.7. The molecule has 0 atom stereocenters. The predicted octanol–water partition coefficient (Wildman–Crippen LogP) is 14.3. The fourth-order valence-electron chi connectivity index (χ4n) is 7.00. The monoisotopic (exact) mass is 704 g/mol. The van der Waals surface area contributed by atoms with Crippen molar-refractivity contribution in [3.63, 3.8) is 0 Å². The van der Waals surface area contributed by atoms with Crippen molar-refractivity contribution >= 4 is 7.82 Å². The molecule has 0 aromatic heterocycles. The minimum atomic E-state index is -4.21. The first-order chi connectivity index (χ1) is 24.2. The summed E-state index contributed by atoms with van der Waals surface area (Å²) in [5.41, 5.74) is 11.1. The third-order valence-corrected chi connectivity index (χ3v) is 11.6. The molecule has 0 amide bonds. The lowest BCUT2D eigenvalue weighted by Crippen LogP contribution is -2.12. The van der Waals surface area contributed by atoms with E-state index in [4.69, 9.17) is 13.6 Å². The third kappa shape index (κ3) is 11.7. The van der Waals surface area contributed by atoms with Crippen molar-refractivity contribution in [3.8, 4) is 17.2 Å². The van der Waals surface area contributed by atoms with Crippen LogP contribution in [0.5, 0.6) is 17.2 Å². The van der Waals surface area contributed by atoms with Gasteiger partial charge in [0.05, 0.1) is 0 Å². The van der Waals surface area contributed by atoms with Crippen molar-refractivity contribution in [2.75, 3.05) is 0 Å². The van der Waals surface area contributed by atoms with Crippen molar-refractivity contribution in [3.05, 3.63) is 86.5 Å². The van der Waals surface area contributed by atoms with Gasteiger partial charge in [0.2, 0.25) is 0 Å². The van der Waals surface area contributed by atoms with Crippen molar-refractivity contribution in [1.82, 2.24) is 0 Å². The van der Waals surface area contributed by atoms with Crippen LogP contribution in [-0.4, -0.2) is 0 Å². The highest BCUT2D eigenvalue weighted by Gasteiger charge is 2.36. The van der Waals surface area contributed by atoms with Crippen LogP contribution in [0.1, 0.15) is 169 Å².